The maximum absolute atomic E-state index is 12.7. The summed E-state index contributed by atoms with van der Waals surface area (Å²) >= 11 is 0. The zero-order valence-electron chi connectivity index (χ0n) is 15.3. The van der Waals surface area contributed by atoms with Crippen molar-refractivity contribution in [2.45, 2.75) is 78.2 Å². The van der Waals surface area contributed by atoms with Gasteiger partial charge < -0.3 is 10.2 Å². The van der Waals surface area contributed by atoms with Gasteiger partial charge in [0.1, 0.15) is 5.78 Å². The van der Waals surface area contributed by atoms with Crippen LogP contribution in [0.1, 0.15) is 72.1 Å². The molecule has 0 aliphatic heterocycles. The molecule has 0 bridgehead atoms. The minimum absolute atomic E-state index is 0.0870. The Labute approximate surface area is 145 Å². The molecule has 0 radical (unpaired) electrons. The molecule has 3 rings (SSSR count). The highest BCUT2D eigenvalue weighted by Gasteiger charge is 2.59. The SMILES string of the molecule is C[C@H](O)[C@H]1CC[C@H]2[C@@H]3CCC(=O)[C@@](C)(CCC(=O)O)[C@@H]3CC[C@]12C. The standard InChI is InChI=1S/C20H32O4/c1-12(21)14-5-6-15-13-4-7-17(22)20(3,11-9-18(23)24)16(13)8-10-19(14,15)2/h12-16,21H,4-11H2,1-3H3,(H,23,24)/t12-,13-,14+,15-,16+,19+,20-/m0/s1. The van der Waals surface area contributed by atoms with Crippen molar-refractivity contribution in [1.82, 2.24) is 0 Å². The van der Waals surface area contributed by atoms with Gasteiger partial charge in [-0.05, 0) is 74.5 Å². The first-order valence-corrected chi connectivity index (χ1v) is 9.63. The average Bonchev–Trinajstić information content (AvgIpc) is 2.86. The van der Waals surface area contributed by atoms with E-state index >= 15 is 0 Å². The molecule has 0 saturated heterocycles. The van der Waals surface area contributed by atoms with Gasteiger partial charge in [0.25, 0.3) is 0 Å². The quantitative estimate of drug-likeness (QED) is 0.821. The number of carbonyl (C=O) groups excluding carboxylic acids is 1. The summed E-state index contributed by atoms with van der Waals surface area (Å²) in [5.74, 6) is 1.26. The van der Waals surface area contributed by atoms with Crippen LogP contribution < -0.4 is 0 Å². The van der Waals surface area contributed by atoms with Crippen molar-refractivity contribution in [2.75, 3.05) is 0 Å². The number of aliphatic hydroxyl groups excluding tert-OH is 1. The molecule has 136 valence electrons. The number of carboxylic acids is 1. The molecule has 0 spiro atoms. The van der Waals surface area contributed by atoms with E-state index in [0.717, 1.165) is 32.1 Å². The fourth-order valence-corrected chi connectivity index (χ4v) is 6.80. The van der Waals surface area contributed by atoms with E-state index < -0.39 is 11.4 Å². The third-order valence-corrected chi connectivity index (χ3v) is 8.11. The predicted octanol–water partition coefficient (Wildman–Crippen LogP) is 3.66. The molecular weight excluding hydrogens is 304 g/mol. The molecule has 0 aromatic rings. The Balaban J connectivity index is 1.86. The Hall–Kier alpha value is -0.900. The van der Waals surface area contributed by atoms with E-state index in [4.69, 9.17) is 5.11 Å². The number of rotatable bonds is 4. The lowest BCUT2D eigenvalue weighted by molar-refractivity contribution is -0.149. The molecular formula is C20H32O4. The van der Waals surface area contributed by atoms with E-state index in [1.165, 1.54) is 0 Å². The highest BCUT2D eigenvalue weighted by atomic mass is 16.4. The third-order valence-electron chi connectivity index (χ3n) is 8.11. The van der Waals surface area contributed by atoms with E-state index in [1.807, 2.05) is 13.8 Å². The zero-order valence-corrected chi connectivity index (χ0v) is 15.3. The van der Waals surface area contributed by atoms with Crippen molar-refractivity contribution in [3.63, 3.8) is 0 Å². The van der Waals surface area contributed by atoms with Gasteiger partial charge in [-0.2, -0.15) is 0 Å². The lowest BCUT2D eigenvalue weighted by Crippen LogP contribution is -2.53. The molecule has 3 fully saturated rings. The monoisotopic (exact) mass is 336 g/mol. The Bertz CT molecular complexity index is 528. The smallest absolute Gasteiger partial charge is 0.303 e. The Morgan fingerprint density at radius 2 is 1.92 bits per heavy atom. The van der Waals surface area contributed by atoms with Gasteiger partial charge in [0.2, 0.25) is 0 Å². The largest absolute Gasteiger partial charge is 0.481 e. The van der Waals surface area contributed by atoms with Crippen LogP contribution in [0.5, 0.6) is 0 Å². The zero-order chi connectivity index (χ0) is 17.7. The van der Waals surface area contributed by atoms with Gasteiger partial charge in [-0.15, -0.1) is 0 Å². The van der Waals surface area contributed by atoms with E-state index in [0.29, 0.717) is 36.5 Å². The summed E-state index contributed by atoms with van der Waals surface area (Å²) in [5.41, 5.74) is -0.283. The van der Waals surface area contributed by atoms with Gasteiger partial charge in [0.15, 0.2) is 0 Å². The summed E-state index contributed by atoms with van der Waals surface area (Å²) in [4.78, 5) is 23.8. The van der Waals surface area contributed by atoms with Gasteiger partial charge >= 0.3 is 5.97 Å². The topological polar surface area (TPSA) is 74.6 Å². The molecule has 3 saturated carbocycles. The molecule has 3 aliphatic carbocycles. The summed E-state index contributed by atoms with van der Waals surface area (Å²) in [6.45, 7) is 6.30. The number of hydrogen-bond acceptors (Lipinski definition) is 3. The van der Waals surface area contributed by atoms with Gasteiger partial charge in [-0.1, -0.05) is 13.8 Å². The van der Waals surface area contributed by atoms with Crippen LogP contribution in [0, 0.1) is 34.5 Å². The number of hydrogen-bond donors (Lipinski definition) is 2. The molecule has 4 nitrogen and oxygen atoms in total. The Morgan fingerprint density at radius 1 is 1.21 bits per heavy atom. The van der Waals surface area contributed by atoms with Gasteiger partial charge in [-0.25, -0.2) is 0 Å². The predicted molar refractivity (Wildman–Crippen MR) is 91.4 cm³/mol. The van der Waals surface area contributed by atoms with Crippen LogP contribution >= 0.6 is 0 Å². The second kappa shape index (κ2) is 6.12. The first kappa shape index (κ1) is 17.9. The molecule has 0 heterocycles. The lowest BCUT2D eigenvalue weighted by Gasteiger charge is -2.56. The van der Waals surface area contributed by atoms with Crippen LogP contribution in [-0.2, 0) is 9.59 Å². The average molecular weight is 336 g/mol. The van der Waals surface area contributed by atoms with Gasteiger partial charge in [0.05, 0.1) is 6.10 Å². The van der Waals surface area contributed by atoms with Crippen molar-refractivity contribution in [3.8, 4) is 0 Å². The lowest BCUT2D eigenvalue weighted by atomic mass is 9.48. The molecule has 7 atom stereocenters. The number of aliphatic carboxylic acids is 1. The minimum atomic E-state index is -0.804. The molecule has 0 aromatic carbocycles. The van der Waals surface area contributed by atoms with Crippen LogP contribution in [0.15, 0.2) is 0 Å². The number of aliphatic hydroxyl groups is 1. The molecule has 2 N–H and O–H groups in total. The number of carbonyl (C=O) groups is 2. The molecule has 0 amide bonds. The highest BCUT2D eigenvalue weighted by molar-refractivity contribution is 5.86. The van der Waals surface area contributed by atoms with Crippen LogP contribution in [0.3, 0.4) is 0 Å². The summed E-state index contributed by atoms with van der Waals surface area (Å²) in [6, 6.07) is 0. The fourth-order valence-electron chi connectivity index (χ4n) is 6.80. The number of Topliss-reactive ketones (excluding diaryl/α,β-unsaturated/α-hetero) is 1. The Kier molecular flexibility index (Phi) is 4.57. The molecule has 24 heavy (non-hydrogen) atoms. The van der Waals surface area contributed by atoms with E-state index in [2.05, 4.69) is 6.92 Å². The molecule has 0 aromatic heterocycles. The van der Waals surface area contributed by atoms with Crippen molar-refractivity contribution < 1.29 is 19.8 Å². The van der Waals surface area contributed by atoms with E-state index in [-0.39, 0.29) is 23.7 Å². The summed E-state index contributed by atoms with van der Waals surface area (Å²) in [7, 11) is 0. The summed E-state index contributed by atoms with van der Waals surface area (Å²) in [6.07, 6.45) is 6.16. The maximum Gasteiger partial charge on any atom is 0.303 e. The summed E-state index contributed by atoms with van der Waals surface area (Å²) in [5, 5.41) is 19.3. The van der Waals surface area contributed by atoms with Crippen LogP contribution in [0.2, 0.25) is 0 Å². The second-order valence-corrected chi connectivity index (χ2v) is 9.12. The van der Waals surface area contributed by atoms with Crippen LogP contribution in [0.25, 0.3) is 0 Å². The van der Waals surface area contributed by atoms with Crippen LogP contribution in [-0.4, -0.2) is 28.1 Å². The second-order valence-electron chi connectivity index (χ2n) is 9.12. The van der Waals surface area contributed by atoms with E-state index in [9.17, 15) is 14.7 Å². The first-order chi connectivity index (χ1) is 11.2. The normalized spacial score (nSPS) is 46.2. The number of carboxylic acid groups (broad SMARTS) is 1. The first-order valence-electron chi connectivity index (χ1n) is 9.63. The maximum atomic E-state index is 12.7. The van der Waals surface area contributed by atoms with Gasteiger partial charge in [-0.3, -0.25) is 9.59 Å². The van der Waals surface area contributed by atoms with Crippen molar-refractivity contribution in [3.05, 3.63) is 0 Å². The summed E-state index contributed by atoms with van der Waals surface area (Å²) < 4.78 is 0. The Morgan fingerprint density at radius 3 is 2.54 bits per heavy atom. The third kappa shape index (κ3) is 2.61. The molecule has 0 unspecified atom stereocenters. The van der Waals surface area contributed by atoms with Crippen LogP contribution in [0.4, 0.5) is 0 Å². The highest BCUT2D eigenvalue weighted by Crippen LogP contribution is 2.65. The van der Waals surface area contributed by atoms with Crippen molar-refractivity contribution in [1.29, 1.82) is 0 Å². The van der Waals surface area contributed by atoms with Crippen molar-refractivity contribution in [2.24, 2.45) is 34.5 Å². The molecule has 3 aliphatic rings. The minimum Gasteiger partial charge on any atom is -0.481 e. The molecule has 4 heteroatoms. The number of fused-ring (bicyclic) bond motifs is 3. The number of ketones is 1. The van der Waals surface area contributed by atoms with Crippen molar-refractivity contribution >= 4 is 11.8 Å². The fraction of sp³-hybridized carbons (Fsp3) is 0.900. The van der Waals surface area contributed by atoms with Gasteiger partial charge in [0, 0.05) is 18.3 Å². The van der Waals surface area contributed by atoms with E-state index in [1.54, 1.807) is 0 Å².